The normalized spacial score (nSPS) is 23.7. The monoisotopic (exact) mass is 695 g/mol. The van der Waals surface area contributed by atoms with E-state index >= 15 is 0 Å². The molecule has 0 aromatic heterocycles. The summed E-state index contributed by atoms with van der Waals surface area (Å²) in [6, 6.07) is 15.4. The van der Waals surface area contributed by atoms with Gasteiger partial charge in [0, 0.05) is 58.2 Å². The molecule has 2 aromatic carbocycles. The Morgan fingerprint density at radius 1 is 1.06 bits per heavy atom. The van der Waals surface area contributed by atoms with Crippen molar-refractivity contribution in [1.29, 1.82) is 0 Å². The van der Waals surface area contributed by atoms with Crippen molar-refractivity contribution in [3.8, 4) is 5.75 Å². The Labute approximate surface area is 289 Å². The molecule has 2 aromatic rings. The van der Waals surface area contributed by atoms with E-state index in [1.807, 2.05) is 53.4 Å². The molecule has 3 amide bonds. The summed E-state index contributed by atoms with van der Waals surface area (Å²) in [7, 11) is -1.71. The van der Waals surface area contributed by atoms with Gasteiger partial charge in [0.2, 0.25) is 21.8 Å². The minimum atomic E-state index is -3.34. The lowest BCUT2D eigenvalue weighted by molar-refractivity contribution is -0.133. The number of sulfonamides is 1. The molecule has 1 saturated carbocycles. The maximum Gasteiger partial charge on any atom is 0.270 e. The predicted octanol–water partition coefficient (Wildman–Crippen LogP) is 3.02. The topological polar surface area (TPSA) is 138 Å². The van der Waals surface area contributed by atoms with Crippen LogP contribution in [0.5, 0.6) is 5.75 Å². The number of rotatable bonds is 11. The van der Waals surface area contributed by atoms with Crippen LogP contribution in [0.2, 0.25) is 0 Å². The van der Waals surface area contributed by atoms with Crippen LogP contribution in [0.3, 0.4) is 0 Å². The minimum Gasteiger partial charge on any atom is -0.476 e. The summed E-state index contributed by atoms with van der Waals surface area (Å²) >= 11 is 0. The number of benzene rings is 2. The molecule has 0 bridgehead atoms. The first-order chi connectivity index (χ1) is 23.3. The minimum absolute atomic E-state index is 0.0407. The number of methoxy groups -OCH3 is 1. The van der Waals surface area contributed by atoms with Gasteiger partial charge >= 0.3 is 0 Å². The molecule has 1 aliphatic carbocycles. The predicted molar refractivity (Wildman–Crippen MR) is 187 cm³/mol. The fourth-order valence-corrected chi connectivity index (χ4v) is 8.30. The Morgan fingerprint density at radius 3 is 2.41 bits per heavy atom. The first kappa shape index (κ1) is 35.3. The van der Waals surface area contributed by atoms with Crippen LogP contribution >= 0.6 is 0 Å². The van der Waals surface area contributed by atoms with Gasteiger partial charge in [0.25, 0.3) is 5.91 Å². The Balaban J connectivity index is 1.20. The highest BCUT2D eigenvalue weighted by atomic mass is 32.2. The van der Waals surface area contributed by atoms with Crippen LogP contribution in [-0.2, 0) is 34.7 Å². The molecule has 49 heavy (non-hydrogen) atoms. The van der Waals surface area contributed by atoms with Crippen LogP contribution in [0, 0.1) is 11.8 Å². The van der Waals surface area contributed by atoms with Gasteiger partial charge in [-0.25, -0.2) is 12.7 Å². The van der Waals surface area contributed by atoms with E-state index in [4.69, 9.17) is 9.47 Å². The van der Waals surface area contributed by atoms with Gasteiger partial charge in [-0.2, -0.15) is 0 Å². The number of piperidine rings is 2. The highest BCUT2D eigenvalue weighted by Crippen LogP contribution is 2.43. The lowest BCUT2D eigenvalue weighted by atomic mass is 9.80. The first-order valence-electron chi connectivity index (χ1n) is 17.3. The van der Waals surface area contributed by atoms with E-state index in [0.29, 0.717) is 82.1 Å². The number of anilines is 2. The summed E-state index contributed by atoms with van der Waals surface area (Å²) in [5.41, 5.74) is 0.584. The second-order valence-electron chi connectivity index (χ2n) is 14.4. The lowest BCUT2D eigenvalue weighted by Gasteiger charge is -2.43. The van der Waals surface area contributed by atoms with E-state index in [9.17, 15) is 22.8 Å². The molecule has 266 valence electrons. The molecule has 2 atom stereocenters. The highest BCUT2D eigenvalue weighted by molar-refractivity contribution is 7.88. The molecule has 1 unspecified atom stereocenters. The summed E-state index contributed by atoms with van der Waals surface area (Å²) in [6.07, 6.45) is 4.95. The van der Waals surface area contributed by atoms with E-state index in [0.717, 1.165) is 18.4 Å². The van der Waals surface area contributed by atoms with Crippen molar-refractivity contribution in [3.63, 3.8) is 0 Å². The number of nitrogens with zero attached hydrogens (tertiary/aromatic N) is 3. The molecule has 2 N–H and O–H groups in total. The molecule has 2 saturated heterocycles. The molecular weight excluding hydrogens is 646 g/mol. The largest absolute Gasteiger partial charge is 0.476 e. The van der Waals surface area contributed by atoms with Gasteiger partial charge in [-0.3, -0.25) is 14.4 Å². The number of nitrogens with one attached hydrogen (secondary N) is 2. The molecule has 0 radical (unpaired) electrons. The SMILES string of the molecule is COCCCN1C(=O)C(C)(C)Oc2ccc(N(C(=O)C3CNC[C@@H](C(=O)NC4(c5ccccc5)CCN(S(C)(=O)=O)CC4)C3)C3CC3)cc21. The number of hydrogen-bond acceptors (Lipinski definition) is 8. The van der Waals surface area contributed by atoms with E-state index in [-0.39, 0.29) is 23.8 Å². The van der Waals surface area contributed by atoms with Crippen molar-refractivity contribution in [2.75, 3.05) is 62.5 Å². The molecule has 12 nitrogen and oxygen atoms in total. The standard InChI is InChI=1S/C36H49N5O7S/c1-35(2)34(44)40(17-8-20-47-3)30-22-29(13-14-31(30)48-35)41(28-11-12-28)33(43)26-21-25(23-37-24-26)32(42)38-36(27-9-6-5-7-10-27)15-18-39(19-16-36)49(4,45)46/h5-7,9-10,13-14,22,25-26,28,37H,8,11-12,15-21,23-24H2,1-4H3,(H,38,42)/t25-,26?/m0/s1. The summed E-state index contributed by atoms with van der Waals surface area (Å²) in [5, 5.41) is 6.68. The zero-order valence-corrected chi connectivity index (χ0v) is 29.8. The molecule has 13 heteroatoms. The van der Waals surface area contributed by atoms with Crippen LogP contribution in [0.4, 0.5) is 11.4 Å². The fourth-order valence-electron chi connectivity index (χ4n) is 7.45. The third kappa shape index (κ3) is 7.50. The summed E-state index contributed by atoms with van der Waals surface area (Å²) in [5.74, 6) is -0.585. The van der Waals surface area contributed by atoms with Crippen molar-refractivity contribution in [3.05, 3.63) is 54.1 Å². The smallest absolute Gasteiger partial charge is 0.270 e. The number of ether oxygens (including phenoxy) is 2. The zero-order chi connectivity index (χ0) is 35.0. The third-order valence-electron chi connectivity index (χ3n) is 10.3. The number of carbonyl (C=O) groups is 3. The van der Waals surface area contributed by atoms with Crippen LogP contribution < -0.4 is 25.2 Å². The van der Waals surface area contributed by atoms with Gasteiger partial charge in [0.05, 0.1) is 29.3 Å². The molecule has 3 heterocycles. The number of carbonyl (C=O) groups excluding carboxylic acids is 3. The quantitative estimate of drug-likeness (QED) is 0.343. The Kier molecular flexibility index (Phi) is 10.1. The molecule has 3 fully saturated rings. The molecule has 4 aliphatic rings. The second-order valence-corrected chi connectivity index (χ2v) is 16.4. The van der Waals surface area contributed by atoms with Gasteiger partial charge in [-0.05, 0) is 76.1 Å². The average molecular weight is 696 g/mol. The Bertz CT molecular complexity index is 1650. The van der Waals surface area contributed by atoms with E-state index in [1.54, 1.807) is 25.9 Å². The summed E-state index contributed by atoms with van der Waals surface area (Å²) < 4.78 is 37.3. The lowest BCUT2D eigenvalue weighted by Crippen LogP contribution is -2.57. The number of hydrogen-bond donors (Lipinski definition) is 2. The van der Waals surface area contributed by atoms with Gasteiger partial charge < -0.3 is 29.9 Å². The maximum atomic E-state index is 14.3. The van der Waals surface area contributed by atoms with Crippen LogP contribution in [0.1, 0.15) is 57.9 Å². The Morgan fingerprint density at radius 2 is 1.76 bits per heavy atom. The van der Waals surface area contributed by atoms with E-state index in [1.165, 1.54) is 10.6 Å². The average Bonchev–Trinajstić information content (AvgIpc) is 3.92. The number of fused-ring (bicyclic) bond motifs is 1. The van der Waals surface area contributed by atoms with Gasteiger partial charge in [0.15, 0.2) is 5.60 Å². The number of amides is 3. The Hall–Kier alpha value is -3.52. The second kappa shape index (κ2) is 14.0. The molecule has 0 spiro atoms. The van der Waals surface area contributed by atoms with Crippen LogP contribution in [0.15, 0.2) is 48.5 Å². The molecule has 3 aliphatic heterocycles. The van der Waals surface area contributed by atoms with Gasteiger partial charge in [-0.15, -0.1) is 0 Å². The van der Waals surface area contributed by atoms with Gasteiger partial charge in [0.1, 0.15) is 5.75 Å². The molecule has 6 rings (SSSR count). The van der Waals surface area contributed by atoms with Crippen LogP contribution in [-0.4, -0.2) is 94.8 Å². The van der Waals surface area contributed by atoms with E-state index < -0.39 is 33.0 Å². The first-order valence-corrected chi connectivity index (χ1v) is 19.2. The third-order valence-corrected chi connectivity index (χ3v) is 11.6. The van der Waals surface area contributed by atoms with Crippen molar-refractivity contribution in [2.45, 2.75) is 69.6 Å². The van der Waals surface area contributed by atoms with Crippen molar-refractivity contribution < 1.29 is 32.3 Å². The fraction of sp³-hybridized carbons (Fsp3) is 0.583. The van der Waals surface area contributed by atoms with Crippen molar-refractivity contribution >= 4 is 39.1 Å². The zero-order valence-electron chi connectivity index (χ0n) is 28.9. The van der Waals surface area contributed by atoms with Crippen LogP contribution in [0.25, 0.3) is 0 Å². The van der Waals surface area contributed by atoms with Crippen molar-refractivity contribution in [1.82, 2.24) is 14.9 Å². The van der Waals surface area contributed by atoms with Gasteiger partial charge in [-0.1, -0.05) is 30.3 Å². The molecular formula is C36H49N5O7S. The highest BCUT2D eigenvalue weighted by Gasteiger charge is 2.45. The van der Waals surface area contributed by atoms with Crippen molar-refractivity contribution in [2.24, 2.45) is 11.8 Å². The maximum absolute atomic E-state index is 14.3. The van der Waals surface area contributed by atoms with E-state index in [2.05, 4.69) is 10.6 Å². The summed E-state index contributed by atoms with van der Waals surface area (Å²) in [4.78, 5) is 45.4. The summed E-state index contributed by atoms with van der Waals surface area (Å²) in [6.45, 7) is 6.04.